The Bertz CT molecular complexity index is 1350. The molecule has 0 spiro atoms. The zero-order valence-corrected chi connectivity index (χ0v) is 17.7. The molecule has 0 fully saturated rings. The number of nitrogen functional groups attached to an aromatic ring is 1. The van der Waals surface area contributed by atoms with Gasteiger partial charge in [0.25, 0.3) is 0 Å². The number of benzene rings is 1. The predicted octanol–water partition coefficient (Wildman–Crippen LogP) is 5.56. The van der Waals surface area contributed by atoms with Crippen LogP contribution in [0.1, 0.15) is 30.0 Å². The molecule has 6 nitrogen and oxygen atoms in total. The lowest BCUT2D eigenvalue weighted by Gasteiger charge is -2.16. The van der Waals surface area contributed by atoms with Gasteiger partial charge in [0, 0.05) is 40.8 Å². The van der Waals surface area contributed by atoms with Gasteiger partial charge in [-0.25, -0.2) is 4.98 Å². The van der Waals surface area contributed by atoms with E-state index in [4.69, 9.17) is 15.2 Å². The quantitative estimate of drug-likeness (QED) is 0.420. The van der Waals surface area contributed by atoms with Gasteiger partial charge < -0.3 is 14.8 Å². The minimum absolute atomic E-state index is 0.126. The van der Waals surface area contributed by atoms with Crippen LogP contribution in [-0.4, -0.2) is 19.7 Å². The SMILES string of the molecule is Cc1noc(C)c1-c1cnc2c(-c3ccc(N)nc3)cn(C(C)c3ccccc3)c2c1. The van der Waals surface area contributed by atoms with Gasteiger partial charge in [-0.3, -0.25) is 4.98 Å². The summed E-state index contributed by atoms with van der Waals surface area (Å²) in [5.41, 5.74) is 13.8. The molecule has 5 aromatic rings. The third kappa shape index (κ3) is 3.26. The summed E-state index contributed by atoms with van der Waals surface area (Å²) >= 11 is 0. The lowest BCUT2D eigenvalue weighted by molar-refractivity contribution is 0.393. The van der Waals surface area contributed by atoms with E-state index in [1.165, 1.54) is 5.56 Å². The summed E-state index contributed by atoms with van der Waals surface area (Å²) in [7, 11) is 0. The van der Waals surface area contributed by atoms with Crippen molar-refractivity contribution in [3.63, 3.8) is 0 Å². The third-order valence-corrected chi connectivity index (χ3v) is 5.79. The number of aromatic nitrogens is 4. The largest absolute Gasteiger partial charge is 0.384 e. The molecule has 0 saturated carbocycles. The van der Waals surface area contributed by atoms with Gasteiger partial charge in [0.05, 0.1) is 22.8 Å². The van der Waals surface area contributed by atoms with Crippen molar-refractivity contribution in [1.29, 1.82) is 0 Å². The maximum absolute atomic E-state index is 5.80. The van der Waals surface area contributed by atoms with Crippen molar-refractivity contribution < 1.29 is 4.52 Å². The predicted molar refractivity (Wildman–Crippen MR) is 123 cm³/mol. The molecule has 6 heteroatoms. The molecule has 4 aromatic heterocycles. The highest BCUT2D eigenvalue weighted by atomic mass is 16.5. The maximum Gasteiger partial charge on any atom is 0.141 e. The molecule has 0 bridgehead atoms. The Morgan fingerprint density at radius 1 is 0.968 bits per heavy atom. The zero-order chi connectivity index (χ0) is 21.5. The van der Waals surface area contributed by atoms with E-state index >= 15 is 0 Å². The molecule has 2 N–H and O–H groups in total. The third-order valence-electron chi connectivity index (χ3n) is 5.79. The van der Waals surface area contributed by atoms with Gasteiger partial charge in [-0.05, 0) is 44.5 Å². The molecule has 0 aliphatic carbocycles. The average molecular weight is 409 g/mol. The number of rotatable bonds is 4. The molecule has 1 unspecified atom stereocenters. The average Bonchev–Trinajstić information content (AvgIpc) is 3.33. The first-order chi connectivity index (χ1) is 15.0. The van der Waals surface area contributed by atoms with Gasteiger partial charge in [0.1, 0.15) is 11.6 Å². The number of aryl methyl sites for hydroxylation is 2. The van der Waals surface area contributed by atoms with Crippen LogP contribution in [0, 0.1) is 13.8 Å². The van der Waals surface area contributed by atoms with Crippen LogP contribution in [0.25, 0.3) is 33.3 Å². The summed E-state index contributed by atoms with van der Waals surface area (Å²) in [5, 5.41) is 4.11. The molecular formula is C25H23N5O. The van der Waals surface area contributed by atoms with Crippen LogP contribution in [0.3, 0.4) is 0 Å². The van der Waals surface area contributed by atoms with Crippen LogP contribution >= 0.6 is 0 Å². The molecule has 0 aliphatic heterocycles. The van der Waals surface area contributed by atoms with E-state index in [-0.39, 0.29) is 6.04 Å². The first kappa shape index (κ1) is 19.1. The van der Waals surface area contributed by atoms with Crippen molar-refractivity contribution in [2.24, 2.45) is 0 Å². The number of nitrogens with zero attached hydrogens (tertiary/aromatic N) is 4. The van der Waals surface area contributed by atoms with Crippen LogP contribution in [0.15, 0.2) is 71.6 Å². The highest BCUT2D eigenvalue weighted by Crippen LogP contribution is 2.36. The summed E-state index contributed by atoms with van der Waals surface area (Å²) in [6, 6.07) is 16.6. The van der Waals surface area contributed by atoms with Gasteiger partial charge in [0.2, 0.25) is 0 Å². The fourth-order valence-electron chi connectivity index (χ4n) is 4.15. The number of hydrogen-bond acceptors (Lipinski definition) is 5. The van der Waals surface area contributed by atoms with E-state index in [9.17, 15) is 0 Å². The standard InChI is InChI=1S/C25H23N5O/c1-15-24(17(3)31-29-15)20-11-22-25(28-13-20)21(19-9-10-23(26)27-12-19)14-30(22)16(2)18-7-5-4-6-8-18/h4-14,16H,1-3H3,(H2,26,27). The molecule has 0 saturated heterocycles. The lowest BCUT2D eigenvalue weighted by Crippen LogP contribution is -2.05. The minimum atomic E-state index is 0.126. The van der Waals surface area contributed by atoms with Gasteiger partial charge >= 0.3 is 0 Å². The Balaban J connectivity index is 1.75. The van der Waals surface area contributed by atoms with Gasteiger partial charge in [0.15, 0.2) is 0 Å². The zero-order valence-electron chi connectivity index (χ0n) is 17.7. The van der Waals surface area contributed by atoms with Crippen molar-refractivity contribution >= 4 is 16.9 Å². The van der Waals surface area contributed by atoms with Crippen molar-refractivity contribution in [3.05, 3.63) is 84.1 Å². The molecule has 0 radical (unpaired) electrons. The summed E-state index contributed by atoms with van der Waals surface area (Å²) in [6.07, 6.45) is 5.84. The van der Waals surface area contributed by atoms with E-state index in [1.54, 1.807) is 6.20 Å². The second-order valence-electron chi connectivity index (χ2n) is 7.80. The second kappa shape index (κ2) is 7.40. The Kier molecular flexibility index (Phi) is 4.55. The van der Waals surface area contributed by atoms with Crippen LogP contribution in [0.4, 0.5) is 5.82 Å². The number of fused-ring (bicyclic) bond motifs is 1. The fraction of sp³-hybridized carbons (Fsp3) is 0.160. The Morgan fingerprint density at radius 3 is 2.42 bits per heavy atom. The summed E-state index contributed by atoms with van der Waals surface area (Å²) in [6.45, 7) is 6.08. The first-order valence-corrected chi connectivity index (χ1v) is 10.2. The molecule has 4 heterocycles. The summed E-state index contributed by atoms with van der Waals surface area (Å²) in [4.78, 5) is 9.14. The molecule has 0 amide bonds. The first-order valence-electron chi connectivity index (χ1n) is 10.2. The maximum atomic E-state index is 5.80. The smallest absolute Gasteiger partial charge is 0.141 e. The lowest BCUT2D eigenvalue weighted by atomic mass is 10.0. The minimum Gasteiger partial charge on any atom is -0.384 e. The summed E-state index contributed by atoms with van der Waals surface area (Å²) < 4.78 is 7.66. The monoisotopic (exact) mass is 409 g/mol. The van der Waals surface area contributed by atoms with Gasteiger partial charge in [-0.15, -0.1) is 0 Å². The number of pyridine rings is 2. The number of nitrogens with two attached hydrogens (primary N) is 1. The normalized spacial score (nSPS) is 12.4. The Hall–Kier alpha value is -3.93. The summed E-state index contributed by atoms with van der Waals surface area (Å²) in [5.74, 6) is 1.29. The second-order valence-corrected chi connectivity index (χ2v) is 7.80. The van der Waals surface area contributed by atoms with Crippen LogP contribution < -0.4 is 5.73 Å². The van der Waals surface area contributed by atoms with E-state index in [2.05, 4.69) is 58.2 Å². The molecule has 1 atom stereocenters. The molecular weight excluding hydrogens is 386 g/mol. The van der Waals surface area contributed by atoms with E-state index < -0.39 is 0 Å². The molecule has 154 valence electrons. The highest BCUT2D eigenvalue weighted by Gasteiger charge is 2.19. The van der Waals surface area contributed by atoms with Gasteiger partial charge in [-0.2, -0.15) is 0 Å². The van der Waals surface area contributed by atoms with Crippen molar-refractivity contribution in [2.45, 2.75) is 26.8 Å². The topological polar surface area (TPSA) is 82.8 Å². The van der Waals surface area contributed by atoms with E-state index in [1.807, 2.05) is 38.2 Å². The van der Waals surface area contributed by atoms with Crippen molar-refractivity contribution in [1.82, 2.24) is 19.7 Å². The fourth-order valence-corrected chi connectivity index (χ4v) is 4.15. The van der Waals surface area contributed by atoms with Crippen molar-refractivity contribution in [3.8, 4) is 22.3 Å². The number of hydrogen-bond donors (Lipinski definition) is 1. The van der Waals surface area contributed by atoms with E-state index in [0.717, 1.165) is 44.7 Å². The molecule has 1 aromatic carbocycles. The molecule has 5 rings (SSSR count). The van der Waals surface area contributed by atoms with Crippen LogP contribution in [-0.2, 0) is 0 Å². The Morgan fingerprint density at radius 2 is 1.74 bits per heavy atom. The molecule has 31 heavy (non-hydrogen) atoms. The van der Waals surface area contributed by atoms with Crippen molar-refractivity contribution in [2.75, 3.05) is 5.73 Å². The van der Waals surface area contributed by atoms with E-state index in [0.29, 0.717) is 5.82 Å². The van der Waals surface area contributed by atoms with Crippen LogP contribution in [0.2, 0.25) is 0 Å². The Labute approximate surface area is 180 Å². The van der Waals surface area contributed by atoms with Gasteiger partial charge in [-0.1, -0.05) is 35.5 Å². The molecule has 0 aliphatic rings. The van der Waals surface area contributed by atoms with Crippen LogP contribution in [0.5, 0.6) is 0 Å². The number of anilines is 1. The highest BCUT2D eigenvalue weighted by molar-refractivity contribution is 5.95.